The van der Waals surface area contributed by atoms with Crippen LogP contribution < -0.4 is 20.5 Å². The largest absolute Gasteiger partial charge is 0.497 e. The Labute approximate surface area is 239 Å². The molecular formula is C28H28ClF3N4O3S. The second kappa shape index (κ2) is 13.6. The Balaban J connectivity index is 0.000000336. The van der Waals surface area contributed by atoms with Gasteiger partial charge in [-0.2, -0.15) is 13.2 Å². The number of halogens is 4. The number of alkyl halides is 3. The van der Waals surface area contributed by atoms with Crippen LogP contribution in [0.2, 0.25) is 5.02 Å². The van der Waals surface area contributed by atoms with E-state index >= 15 is 0 Å². The third kappa shape index (κ3) is 7.93. The van der Waals surface area contributed by atoms with Crippen LogP contribution in [0.15, 0.2) is 67.1 Å². The summed E-state index contributed by atoms with van der Waals surface area (Å²) in [5.41, 5.74) is 7.86. The van der Waals surface area contributed by atoms with Crippen LogP contribution in [0.5, 0.6) is 11.5 Å². The van der Waals surface area contributed by atoms with Crippen LogP contribution in [0.25, 0.3) is 0 Å². The highest BCUT2D eigenvalue weighted by Crippen LogP contribution is 2.34. The van der Waals surface area contributed by atoms with E-state index in [1.54, 1.807) is 14.2 Å². The van der Waals surface area contributed by atoms with Gasteiger partial charge in [0.05, 0.1) is 43.1 Å². The van der Waals surface area contributed by atoms with E-state index in [0.29, 0.717) is 4.88 Å². The van der Waals surface area contributed by atoms with E-state index in [1.165, 1.54) is 17.5 Å². The normalized spacial score (nSPS) is 12.6. The number of pyridine rings is 1. The number of aromatic nitrogens is 2. The van der Waals surface area contributed by atoms with Gasteiger partial charge in [-0.3, -0.25) is 15.1 Å². The molecule has 40 heavy (non-hydrogen) atoms. The first kappa shape index (κ1) is 30.9. The van der Waals surface area contributed by atoms with Crippen LogP contribution in [-0.4, -0.2) is 30.1 Å². The van der Waals surface area contributed by atoms with Crippen molar-refractivity contribution in [3.63, 3.8) is 0 Å². The van der Waals surface area contributed by atoms with Crippen molar-refractivity contribution in [2.24, 2.45) is 5.73 Å². The molecule has 4 aromatic rings. The molecule has 0 radical (unpaired) electrons. The number of amides is 1. The van der Waals surface area contributed by atoms with E-state index in [-0.39, 0.29) is 17.1 Å². The number of methoxy groups -OCH3 is 2. The smallest absolute Gasteiger partial charge is 0.417 e. The van der Waals surface area contributed by atoms with Crippen molar-refractivity contribution in [2.75, 3.05) is 14.2 Å². The fourth-order valence-electron chi connectivity index (χ4n) is 3.79. The Hall–Kier alpha value is -3.67. The Kier molecular flexibility index (Phi) is 10.5. The molecule has 2 atom stereocenters. The molecule has 7 nitrogen and oxygen atoms in total. The number of hydrogen-bond donors (Lipinski definition) is 2. The number of nitrogens with zero attached hydrogens (tertiary/aromatic N) is 2. The Morgan fingerprint density at radius 2 is 1.70 bits per heavy atom. The van der Waals surface area contributed by atoms with Crippen LogP contribution in [0.4, 0.5) is 13.2 Å². The van der Waals surface area contributed by atoms with Crippen molar-refractivity contribution in [3.8, 4) is 11.5 Å². The number of ether oxygens (including phenoxy) is 2. The average Bonchev–Trinajstić information content (AvgIpc) is 3.43. The predicted octanol–water partition coefficient (Wildman–Crippen LogP) is 6.76. The SMILES string of the molecule is COc1ccc(C(NC(C)c2ncc(C(N)=O)s2)c2ccc(OC)cc2C)cc1.FC(F)(F)c1ccncc1Cl. The number of nitrogens with one attached hydrogen (secondary N) is 1. The van der Waals surface area contributed by atoms with E-state index in [4.69, 9.17) is 26.8 Å². The van der Waals surface area contributed by atoms with E-state index < -0.39 is 17.6 Å². The van der Waals surface area contributed by atoms with Gasteiger partial charge in [0.25, 0.3) is 5.91 Å². The first-order valence-corrected chi connectivity index (χ1v) is 13.1. The summed E-state index contributed by atoms with van der Waals surface area (Å²) in [6, 6.07) is 14.7. The van der Waals surface area contributed by atoms with Gasteiger partial charge in [0, 0.05) is 12.4 Å². The monoisotopic (exact) mass is 592 g/mol. The van der Waals surface area contributed by atoms with Crippen LogP contribution >= 0.6 is 22.9 Å². The Morgan fingerprint density at radius 3 is 2.20 bits per heavy atom. The minimum absolute atomic E-state index is 0.0808. The van der Waals surface area contributed by atoms with E-state index in [2.05, 4.69) is 28.3 Å². The van der Waals surface area contributed by atoms with Gasteiger partial charge in [0.15, 0.2) is 0 Å². The van der Waals surface area contributed by atoms with Gasteiger partial charge >= 0.3 is 6.18 Å². The number of carbonyl (C=O) groups excluding carboxylic acids is 1. The molecule has 212 valence electrons. The summed E-state index contributed by atoms with van der Waals surface area (Å²) in [4.78, 5) is 19.7. The Bertz CT molecular complexity index is 1430. The fraction of sp³-hybridized carbons (Fsp3) is 0.250. The summed E-state index contributed by atoms with van der Waals surface area (Å²) < 4.78 is 46.5. The maximum absolute atomic E-state index is 11.9. The van der Waals surface area contributed by atoms with Gasteiger partial charge in [-0.25, -0.2) is 4.98 Å². The topological polar surface area (TPSA) is 99.4 Å². The molecule has 1 amide bonds. The third-order valence-corrected chi connectivity index (χ3v) is 7.36. The number of nitrogens with two attached hydrogens (primary N) is 1. The lowest BCUT2D eigenvalue weighted by molar-refractivity contribution is -0.137. The predicted molar refractivity (Wildman–Crippen MR) is 149 cm³/mol. The van der Waals surface area contributed by atoms with E-state index in [9.17, 15) is 18.0 Å². The highest BCUT2D eigenvalue weighted by Gasteiger charge is 2.32. The molecule has 0 aliphatic rings. The molecule has 0 aliphatic carbocycles. The third-order valence-electron chi connectivity index (χ3n) is 5.87. The summed E-state index contributed by atoms with van der Waals surface area (Å²) >= 11 is 6.54. The quantitative estimate of drug-likeness (QED) is 0.234. The molecule has 12 heteroatoms. The van der Waals surface area contributed by atoms with Crippen molar-refractivity contribution < 1.29 is 27.4 Å². The summed E-state index contributed by atoms with van der Waals surface area (Å²) in [6.45, 7) is 4.09. The first-order valence-electron chi connectivity index (χ1n) is 11.9. The molecule has 2 heterocycles. The lowest BCUT2D eigenvalue weighted by Crippen LogP contribution is -2.26. The number of thiazole rings is 1. The number of carbonyl (C=O) groups is 1. The standard InChI is InChI=1S/C22H25N3O3S.C6H3ClF3N/c1-13-11-17(28-4)9-10-18(13)20(15-5-7-16(27-3)8-6-15)25-14(2)22-24-12-19(29-22)21(23)26;7-5-3-11-2-1-4(5)6(8,9)10/h5-12,14,20,25H,1-4H3,(H2,23,26);1-3H. The van der Waals surface area contributed by atoms with Crippen molar-refractivity contribution in [3.05, 3.63) is 104 Å². The highest BCUT2D eigenvalue weighted by molar-refractivity contribution is 7.13. The zero-order chi connectivity index (χ0) is 29.4. The van der Waals surface area contributed by atoms with Crippen molar-refractivity contribution in [1.82, 2.24) is 15.3 Å². The molecule has 0 fully saturated rings. The number of hydrogen-bond acceptors (Lipinski definition) is 7. The molecular weight excluding hydrogens is 565 g/mol. The second-order valence-corrected chi connectivity index (χ2v) is 10.1. The fourth-order valence-corrected chi connectivity index (χ4v) is 4.80. The average molecular weight is 593 g/mol. The van der Waals surface area contributed by atoms with Crippen molar-refractivity contribution in [2.45, 2.75) is 32.1 Å². The molecule has 3 N–H and O–H groups in total. The summed E-state index contributed by atoms with van der Waals surface area (Å²) in [6.07, 6.45) is -0.847. The first-order chi connectivity index (χ1) is 18.9. The van der Waals surface area contributed by atoms with Gasteiger partial charge < -0.3 is 15.2 Å². The summed E-state index contributed by atoms with van der Waals surface area (Å²) in [7, 11) is 3.31. The van der Waals surface area contributed by atoms with Gasteiger partial charge in [-0.1, -0.05) is 29.8 Å². The van der Waals surface area contributed by atoms with Crippen LogP contribution in [0.3, 0.4) is 0 Å². The second-order valence-electron chi connectivity index (χ2n) is 8.60. The minimum Gasteiger partial charge on any atom is -0.497 e. The lowest BCUT2D eigenvalue weighted by atomic mass is 9.94. The van der Waals surface area contributed by atoms with Crippen molar-refractivity contribution in [1.29, 1.82) is 0 Å². The highest BCUT2D eigenvalue weighted by atomic mass is 35.5. The van der Waals surface area contributed by atoms with Gasteiger partial charge in [0.1, 0.15) is 21.4 Å². The summed E-state index contributed by atoms with van der Waals surface area (Å²) in [5.74, 6) is 1.16. The molecule has 0 bridgehead atoms. The number of rotatable bonds is 8. The van der Waals surface area contributed by atoms with Gasteiger partial charge in [-0.05, 0) is 60.9 Å². The minimum atomic E-state index is -4.39. The molecule has 0 saturated heterocycles. The molecule has 0 aliphatic heterocycles. The van der Waals surface area contributed by atoms with Crippen LogP contribution in [0.1, 0.15) is 55.9 Å². The molecule has 2 unspecified atom stereocenters. The molecule has 2 aromatic heterocycles. The summed E-state index contributed by atoms with van der Waals surface area (Å²) in [5, 5.41) is 4.08. The zero-order valence-electron chi connectivity index (χ0n) is 22.1. The lowest BCUT2D eigenvalue weighted by Gasteiger charge is -2.25. The maximum atomic E-state index is 11.9. The molecule has 0 spiro atoms. The zero-order valence-corrected chi connectivity index (χ0v) is 23.7. The number of aryl methyl sites for hydroxylation is 1. The van der Waals surface area contributed by atoms with Gasteiger partial charge in [0.2, 0.25) is 0 Å². The Morgan fingerprint density at radius 1 is 1.05 bits per heavy atom. The van der Waals surface area contributed by atoms with E-state index in [0.717, 1.165) is 51.7 Å². The van der Waals surface area contributed by atoms with Crippen LogP contribution in [-0.2, 0) is 6.18 Å². The van der Waals surface area contributed by atoms with Crippen LogP contribution in [0, 0.1) is 6.92 Å². The molecule has 0 saturated carbocycles. The number of benzene rings is 2. The van der Waals surface area contributed by atoms with Crippen molar-refractivity contribution >= 4 is 28.8 Å². The number of primary amides is 1. The van der Waals surface area contributed by atoms with E-state index in [1.807, 2.05) is 43.3 Å². The molecule has 2 aromatic carbocycles. The molecule has 4 rings (SSSR count). The maximum Gasteiger partial charge on any atom is 0.417 e. The van der Waals surface area contributed by atoms with Gasteiger partial charge in [-0.15, -0.1) is 11.3 Å².